The van der Waals surface area contributed by atoms with E-state index in [1.807, 2.05) is 12.3 Å². The van der Waals surface area contributed by atoms with E-state index in [1.54, 1.807) is 0 Å². The summed E-state index contributed by atoms with van der Waals surface area (Å²) in [5.41, 5.74) is 1.09. The quantitative estimate of drug-likeness (QED) is 0.435. The SMILES string of the molecule is [Be+2].[Cr].[H-].[H-].c1ccc2c(c1)ccc1cccnc12. The molecular formula is C13H11BeCrN. The Morgan fingerprint density at radius 1 is 0.812 bits per heavy atom. The Labute approximate surface area is 112 Å². The van der Waals surface area contributed by atoms with Crippen molar-refractivity contribution in [1.29, 1.82) is 0 Å². The summed E-state index contributed by atoms with van der Waals surface area (Å²) in [5.74, 6) is 0. The number of hydrogen-bond acceptors (Lipinski definition) is 1. The molecule has 3 aromatic rings. The third-order valence-corrected chi connectivity index (χ3v) is 2.50. The van der Waals surface area contributed by atoms with Gasteiger partial charge < -0.3 is 2.85 Å². The smallest absolute Gasteiger partial charge is 1.00 e. The van der Waals surface area contributed by atoms with Gasteiger partial charge in [0.15, 0.2) is 0 Å². The number of fused-ring (bicyclic) bond motifs is 3. The number of nitrogens with zero attached hydrogens (tertiary/aromatic N) is 1. The van der Waals surface area contributed by atoms with Gasteiger partial charge in [-0.05, 0) is 11.5 Å². The van der Waals surface area contributed by atoms with Crippen LogP contribution in [0.25, 0.3) is 21.7 Å². The molecule has 0 saturated carbocycles. The summed E-state index contributed by atoms with van der Waals surface area (Å²) >= 11 is 0. The van der Waals surface area contributed by atoms with E-state index in [9.17, 15) is 0 Å². The van der Waals surface area contributed by atoms with Crippen molar-refractivity contribution < 1.29 is 20.2 Å². The van der Waals surface area contributed by atoms with Crippen LogP contribution in [0.15, 0.2) is 54.7 Å². The molecule has 0 aliphatic heterocycles. The third-order valence-electron chi connectivity index (χ3n) is 2.50. The van der Waals surface area contributed by atoms with Gasteiger partial charge in [0.2, 0.25) is 0 Å². The molecule has 0 unspecified atom stereocenters. The molecule has 0 fully saturated rings. The molecule has 0 N–H and O–H groups in total. The maximum absolute atomic E-state index is 4.41. The molecule has 0 bridgehead atoms. The number of aromatic nitrogens is 1. The van der Waals surface area contributed by atoms with Crippen molar-refractivity contribution in [2.45, 2.75) is 0 Å². The molecule has 1 heterocycles. The number of rotatable bonds is 0. The molecule has 1 nitrogen and oxygen atoms in total. The van der Waals surface area contributed by atoms with E-state index >= 15 is 0 Å². The van der Waals surface area contributed by atoms with Crippen LogP contribution < -0.4 is 0 Å². The minimum Gasteiger partial charge on any atom is -1.00 e. The van der Waals surface area contributed by atoms with Crippen LogP contribution in [0.5, 0.6) is 0 Å². The fourth-order valence-electron chi connectivity index (χ4n) is 1.81. The Bertz CT molecular complexity index is 564. The summed E-state index contributed by atoms with van der Waals surface area (Å²) in [7, 11) is 0. The largest absolute Gasteiger partial charge is 2.00 e. The van der Waals surface area contributed by atoms with Crippen LogP contribution in [-0.2, 0) is 17.4 Å². The minimum atomic E-state index is 0. The van der Waals surface area contributed by atoms with Crippen LogP contribution in [-0.4, -0.2) is 15.1 Å². The monoisotopic (exact) mass is 242 g/mol. The van der Waals surface area contributed by atoms with Crippen molar-refractivity contribution in [3.8, 4) is 0 Å². The average Bonchev–Trinajstić information content (AvgIpc) is 2.29. The molecule has 0 spiro atoms. The molecule has 1 aromatic heterocycles. The normalized spacial score (nSPS) is 9.50. The van der Waals surface area contributed by atoms with Gasteiger partial charge in [0, 0.05) is 34.3 Å². The molecular weight excluding hydrogens is 231 g/mol. The van der Waals surface area contributed by atoms with Crippen molar-refractivity contribution in [1.82, 2.24) is 4.98 Å². The number of hydrogen-bond donors (Lipinski definition) is 0. The van der Waals surface area contributed by atoms with Gasteiger partial charge in [-0.3, -0.25) is 4.98 Å². The molecule has 0 saturated heterocycles. The first-order valence-corrected chi connectivity index (χ1v) is 4.68. The van der Waals surface area contributed by atoms with Crippen molar-refractivity contribution in [2.24, 2.45) is 0 Å². The Hall–Kier alpha value is -1.19. The van der Waals surface area contributed by atoms with Gasteiger partial charge in [-0.1, -0.05) is 42.5 Å². The van der Waals surface area contributed by atoms with Crippen LogP contribution in [0.1, 0.15) is 2.85 Å². The molecule has 0 aliphatic rings. The van der Waals surface area contributed by atoms with Gasteiger partial charge in [0.05, 0.1) is 5.52 Å². The second kappa shape index (κ2) is 5.23. The Morgan fingerprint density at radius 3 is 2.38 bits per heavy atom. The van der Waals surface area contributed by atoms with Crippen LogP contribution in [0.3, 0.4) is 0 Å². The summed E-state index contributed by atoms with van der Waals surface area (Å²) in [5, 5.41) is 3.68. The third kappa shape index (κ3) is 2.01. The molecule has 3 heteroatoms. The molecule has 0 amide bonds. The molecule has 16 heavy (non-hydrogen) atoms. The number of benzene rings is 2. The zero-order valence-corrected chi connectivity index (χ0v) is 10.0. The maximum atomic E-state index is 4.41. The standard InChI is InChI=1S/C13H9N.Be.Cr.2H/c1-2-6-12-10(4-1)7-8-11-5-3-9-14-13(11)12;;;;/h1-9H;;;;/q;+2;;2*-1. The topological polar surface area (TPSA) is 12.9 Å². The fourth-order valence-corrected chi connectivity index (χ4v) is 1.81. The Balaban J connectivity index is 0. The number of pyridine rings is 1. The second-order valence-corrected chi connectivity index (χ2v) is 3.36. The van der Waals surface area contributed by atoms with E-state index in [0.717, 1.165) is 5.52 Å². The summed E-state index contributed by atoms with van der Waals surface area (Å²) in [6, 6.07) is 16.7. The fraction of sp³-hybridized carbons (Fsp3) is 0. The summed E-state index contributed by atoms with van der Waals surface area (Å²) < 4.78 is 0. The van der Waals surface area contributed by atoms with Crippen molar-refractivity contribution >= 4 is 31.8 Å². The molecule has 76 valence electrons. The summed E-state index contributed by atoms with van der Waals surface area (Å²) in [6.45, 7) is 0. The molecule has 3 rings (SSSR count). The van der Waals surface area contributed by atoms with E-state index in [1.165, 1.54) is 16.2 Å². The van der Waals surface area contributed by atoms with Gasteiger partial charge >= 0.3 is 10.1 Å². The predicted octanol–water partition coefficient (Wildman–Crippen LogP) is 3.23. The zero-order valence-electron chi connectivity index (χ0n) is 10.8. The van der Waals surface area contributed by atoms with Gasteiger partial charge in [-0.15, -0.1) is 0 Å². The molecule has 0 atom stereocenters. The van der Waals surface area contributed by atoms with Crippen molar-refractivity contribution in [3.05, 3.63) is 54.7 Å². The van der Waals surface area contributed by atoms with Crippen LogP contribution in [0, 0.1) is 0 Å². The van der Waals surface area contributed by atoms with Crippen LogP contribution >= 0.6 is 0 Å². The van der Waals surface area contributed by atoms with Crippen LogP contribution in [0.2, 0.25) is 0 Å². The summed E-state index contributed by atoms with van der Waals surface area (Å²) in [4.78, 5) is 4.41. The van der Waals surface area contributed by atoms with Gasteiger partial charge in [0.1, 0.15) is 0 Å². The van der Waals surface area contributed by atoms with Crippen molar-refractivity contribution in [3.63, 3.8) is 0 Å². The minimum absolute atomic E-state index is 0. The molecule has 2 aromatic carbocycles. The predicted molar refractivity (Wildman–Crippen MR) is 67.2 cm³/mol. The Morgan fingerprint density at radius 2 is 1.50 bits per heavy atom. The van der Waals surface area contributed by atoms with E-state index in [4.69, 9.17) is 0 Å². The Kier molecular flexibility index (Phi) is 4.21. The van der Waals surface area contributed by atoms with E-state index in [2.05, 4.69) is 47.4 Å². The average molecular weight is 242 g/mol. The van der Waals surface area contributed by atoms with Gasteiger partial charge in [-0.25, -0.2) is 0 Å². The first-order valence-electron chi connectivity index (χ1n) is 4.68. The first-order chi connectivity index (χ1) is 6.95. The molecule has 0 radical (unpaired) electrons. The van der Waals surface area contributed by atoms with Gasteiger partial charge in [-0.2, -0.15) is 0 Å². The van der Waals surface area contributed by atoms with Crippen molar-refractivity contribution in [2.75, 3.05) is 0 Å². The first kappa shape index (κ1) is 12.9. The zero-order chi connectivity index (χ0) is 9.38. The van der Waals surface area contributed by atoms with E-state index in [-0.39, 0.29) is 30.3 Å². The maximum Gasteiger partial charge on any atom is 2.00 e. The van der Waals surface area contributed by atoms with E-state index < -0.39 is 0 Å². The van der Waals surface area contributed by atoms with E-state index in [0.29, 0.717) is 0 Å². The van der Waals surface area contributed by atoms with Crippen LogP contribution in [0.4, 0.5) is 0 Å². The molecule has 0 aliphatic carbocycles. The second-order valence-electron chi connectivity index (χ2n) is 3.36. The van der Waals surface area contributed by atoms with Gasteiger partial charge in [0.25, 0.3) is 0 Å². The summed E-state index contributed by atoms with van der Waals surface area (Å²) in [6.07, 6.45) is 1.84.